The number of likely N-dealkylation sites (N-methyl/N-ethyl adjacent to an activating group) is 1. The van der Waals surface area contributed by atoms with Crippen LogP contribution in [0.4, 0.5) is 0 Å². The van der Waals surface area contributed by atoms with Crippen LogP contribution in [0.5, 0.6) is 0 Å². The number of hydrogen-bond acceptors (Lipinski definition) is 4. The number of pyridine rings is 1. The average Bonchev–Trinajstić information content (AvgIpc) is 2.85. The van der Waals surface area contributed by atoms with Crippen molar-refractivity contribution in [1.82, 2.24) is 15.2 Å². The van der Waals surface area contributed by atoms with Gasteiger partial charge in [0.1, 0.15) is 0 Å². The first kappa shape index (κ1) is 22.5. The number of nitrogens with zero attached hydrogens (tertiary/aromatic N) is 2. The minimum Gasteiger partial charge on any atom is -0.361 e. The molecule has 1 N–H and O–H groups in total. The third-order valence-corrected chi connectivity index (χ3v) is 6.80. The van der Waals surface area contributed by atoms with E-state index in [9.17, 15) is 9.59 Å². The first-order valence-electron chi connectivity index (χ1n) is 11.7. The van der Waals surface area contributed by atoms with Gasteiger partial charge in [-0.25, -0.2) is 0 Å². The van der Waals surface area contributed by atoms with Gasteiger partial charge in [-0.1, -0.05) is 43.5 Å². The van der Waals surface area contributed by atoms with E-state index >= 15 is 0 Å². The third-order valence-electron chi connectivity index (χ3n) is 6.80. The Morgan fingerprint density at radius 3 is 2.66 bits per heavy atom. The molecule has 2 heterocycles. The standard InChI is InChI=1S/C26H33N3O3/c1-27-25(31)26(18-21-8-5-9-23(16-21)22-10-12-28-13-11-22)19-29(14-15-32-26)24(30)17-20-6-3-2-4-7-20/h5,8-13,16,20H,2-4,6-7,14-15,17-19H2,1H3,(H,27,31)/t26-/m0/s1. The lowest BCUT2D eigenvalue weighted by Gasteiger charge is -2.42. The lowest BCUT2D eigenvalue weighted by Crippen LogP contribution is -2.61. The number of nitrogens with one attached hydrogen (secondary N) is 1. The maximum Gasteiger partial charge on any atom is 0.254 e. The Kier molecular flexibility index (Phi) is 7.20. The van der Waals surface area contributed by atoms with Crippen LogP contribution in [-0.4, -0.2) is 54.0 Å². The Balaban J connectivity index is 1.52. The molecule has 6 nitrogen and oxygen atoms in total. The van der Waals surface area contributed by atoms with Crippen molar-refractivity contribution in [2.75, 3.05) is 26.7 Å². The molecule has 2 aromatic rings. The van der Waals surface area contributed by atoms with E-state index in [1.165, 1.54) is 19.3 Å². The molecule has 1 aliphatic heterocycles. The van der Waals surface area contributed by atoms with Crippen LogP contribution in [0.2, 0.25) is 0 Å². The smallest absolute Gasteiger partial charge is 0.254 e. The van der Waals surface area contributed by atoms with E-state index in [0.29, 0.717) is 31.9 Å². The summed E-state index contributed by atoms with van der Waals surface area (Å²) in [6.45, 7) is 1.20. The molecule has 1 aliphatic carbocycles. The van der Waals surface area contributed by atoms with Crippen molar-refractivity contribution in [2.24, 2.45) is 5.92 Å². The number of hydrogen-bond donors (Lipinski definition) is 1. The molecule has 170 valence electrons. The SMILES string of the molecule is CNC(=O)[C@]1(Cc2cccc(-c3ccncc3)c2)CN(C(=O)CC2CCCCC2)CCO1. The zero-order valence-electron chi connectivity index (χ0n) is 18.9. The molecule has 1 saturated carbocycles. The number of benzene rings is 1. The summed E-state index contributed by atoms with van der Waals surface area (Å²) in [6, 6.07) is 12.1. The van der Waals surface area contributed by atoms with Crippen molar-refractivity contribution in [3.63, 3.8) is 0 Å². The second-order valence-corrected chi connectivity index (χ2v) is 9.06. The summed E-state index contributed by atoms with van der Waals surface area (Å²) in [4.78, 5) is 32.0. The van der Waals surface area contributed by atoms with Gasteiger partial charge in [0.25, 0.3) is 5.91 Å². The van der Waals surface area contributed by atoms with Gasteiger partial charge in [0.05, 0.1) is 13.2 Å². The fourth-order valence-electron chi connectivity index (χ4n) is 5.05. The quantitative estimate of drug-likeness (QED) is 0.753. The van der Waals surface area contributed by atoms with Crippen molar-refractivity contribution >= 4 is 11.8 Å². The van der Waals surface area contributed by atoms with Crippen molar-refractivity contribution in [1.29, 1.82) is 0 Å². The first-order chi connectivity index (χ1) is 15.6. The normalized spacial score (nSPS) is 21.8. The van der Waals surface area contributed by atoms with Crippen molar-refractivity contribution in [2.45, 2.75) is 50.5 Å². The molecule has 32 heavy (non-hydrogen) atoms. The fourth-order valence-corrected chi connectivity index (χ4v) is 5.05. The molecule has 2 aliphatic rings. The van der Waals surface area contributed by atoms with Gasteiger partial charge in [-0.05, 0) is 47.6 Å². The summed E-state index contributed by atoms with van der Waals surface area (Å²) in [6.07, 6.45) is 10.5. The maximum atomic E-state index is 13.1. The van der Waals surface area contributed by atoms with Crippen LogP contribution in [0.25, 0.3) is 11.1 Å². The summed E-state index contributed by atoms with van der Waals surface area (Å²) in [5.74, 6) is 0.450. The number of amides is 2. The molecule has 0 unspecified atom stereocenters. The highest BCUT2D eigenvalue weighted by Gasteiger charge is 2.44. The summed E-state index contributed by atoms with van der Waals surface area (Å²) in [5, 5.41) is 2.77. The van der Waals surface area contributed by atoms with Crippen LogP contribution in [0.1, 0.15) is 44.1 Å². The number of carbonyl (C=O) groups excluding carboxylic acids is 2. The Morgan fingerprint density at radius 1 is 1.12 bits per heavy atom. The molecule has 2 fully saturated rings. The average molecular weight is 436 g/mol. The molecule has 0 radical (unpaired) electrons. The molecule has 2 amide bonds. The zero-order chi connectivity index (χ0) is 22.4. The minimum atomic E-state index is -1.08. The number of ether oxygens (including phenoxy) is 1. The summed E-state index contributed by atoms with van der Waals surface area (Å²) in [5.41, 5.74) is 2.07. The molecule has 0 bridgehead atoms. The molecule has 6 heteroatoms. The third kappa shape index (κ3) is 5.18. The molecular formula is C26H33N3O3. The zero-order valence-corrected chi connectivity index (χ0v) is 18.9. The molecule has 0 spiro atoms. The van der Waals surface area contributed by atoms with Gasteiger partial charge < -0.3 is 15.0 Å². The number of aromatic nitrogens is 1. The first-order valence-corrected chi connectivity index (χ1v) is 11.7. The highest BCUT2D eigenvalue weighted by atomic mass is 16.5. The van der Waals surface area contributed by atoms with E-state index in [4.69, 9.17) is 4.74 Å². The van der Waals surface area contributed by atoms with Crippen LogP contribution in [0.15, 0.2) is 48.8 Å². The van der Waals surface area contributed by atoms with Crippen molar-refractivity contribution < 1.29 is 14.3 Å². The lowest BCUT2D eigenvalue weighted by atomic mass is 9.86. The Labute approximate surface area is 190 Å². The Hall–Kier alpha value is -2.73. The van der Waals surface area contributed by atoms with Gasteiger partial charge in [0.2, 0.25) is 5.91 Å². The molecule has 1 aromatic carbocycles. The molecule has 1 saturated heterocycles. The van der Waals surface area contributed by atoms with E-state index < -0.39 is 5.60 Å². The highest BCUT2D eigenvalue weighted by Crippen LogP contribution is 2.30. The van der Waals surface area contributed by atoms with Gasteiger partial charge >= 0.3 is 0 Å². The fraction of sp³-hybridized carbons (Fsp3) is 0.500. The second-order valence-electron chi connectivity index (χ2n) is 9.06. The topological polar surface area (TPSA) is 71.5 Å². The van der Waals surface area contributed by atoms with Gasteiger partial charge in [-0.3, -0.25) is 14.6 Å². The predicted octanol–water partition coefficient (Wildman–Crippen LogP) is 3.61. The lowest BCUT2D eigenvalue weighted by molar-refractivity contribution is -0.166. The molecule has 1 aromatic heterocycles. The second kappa shape index (κ2) is 10.3. The van der Waals surface area contributed by atoms with Crippen molar-refractivity contribution in [3.05, 3.63) is 54.4 Å². The Bertz CT molecular complexity index is 927. The van der Waals surface area contributed by atoms with E-state index in [1.54, 1.807) is 19.4 Å². The number of morpholine rings is 1. The number of carbonyl (C=O) groups is 2. The predicted molar refractivity (Wildman–Crippen MR) is 124 cm³/mol. The van der Waals surface area contributed by atoms with E-state index in [-0.39, 0.29) is 18.4 Å². The largest absolute Gasteiger partial charge is 0.361 e. The maximum absolute atomic E-state index is 13.1. The van der Waals surface area contributed by atoms with E-state index in [1.807, 2.05) is 35.2 Å². The molecule has 4 rings (SSSR count). The number of rotatable bonds is 6. The summed E-state index contributed by atoms with van der Waals surface area (Å²) >= 11 is 0. The van der Waals surface area contributed by atoms with Crippen LogP contribution in [-0.2, 0) is 20.7 Å². The monoisotopic (exact) mass is 435 g/mol. The van der Waals surface area contributed by atoms with E-state index in [2.05, 4.69) is 16.4 Å². The van der Waals surface area contributed by atoms with Crippen LogP contribution in [0, 0.1) is 5.92 Å². The van der Waals surface area contributed by atoms with Crippen LogP contribution >= 0.6 is 0 Å². The van der Waals surface area contributed by atoms with Crippen molar-refractivity contribution in [3.8, 4) is 11.1 Å². The van der Waals surface area contributed by atoms with Crippen LogP contribution < -0.4 is 5.32 Å². The molecule has 1 atom stereocenters. The van der Waals surface area contributed by atoms with Gasteiger partial charge in [-0.15, -0.1) is 0 Å². The molecular weight excluding hydrogens is 402 g/mol. The summed E-state index contributed by atoms with van der Waals surface area (Å²) in [7, 11) is 1.63. The minimum absolute atomic E-state index is 0.152. The van der Waals surface area contributed by atoms with Gasteiger partial charge in [-0.2, -0.15) is 0 Å². The van der Waals surface area contributed by atoms with Gasteiger partial charge in [0, 0.05) is 38.8 Å². The van der Waals surface area contributed by atoms with Gasteiger partial charge in [0.15, 0.2) is 5.60 Å². The highest BCUT2D eigenvalue weighted by molar-refractivity contribution is 5.87. The Morgan fingerprint density at radius 2 is 1.91 bits per heavy atom. The summed E-state index contributed by atoms with van der Waals surface area (Å²) < 4.78 is 6.12. The van der Waals surface area contributed by atoms with E-state index in [0.717, 1.165) is 29.5 Å². The van der Waals surface area contributed by atoms with Crippen LogP contribution in [0.3, 0.4) is 0 Å².